The molecule has 1 rings (SSSR count). The number of nitrogens with one attached hydrogen (secondary N) is 2. The van der Waals surface area contributed by atoms with Crippen molar-refractivity contribution in [3.05, 3.63) is 12.2 Å². The fourth-order valence-corrected chi connectivity index (χ4v) is 2.43. The Morgan fingerprint density at radius 3 is 2.25 bits per heavy atom. The zero-order valence-electron chi connectivity index (χ0n) is 11.7. The maximum atomic E-state index is 11.4. The molecule has 0 aromatic rings. The lowest BCUT2D eigenvalue weighted by molar-refractivity contribution is -0.131. The van der Waals surface area contributed by atoms with Crippen molar-refractivity contribution >= 4 is 17.9 Å². The molecule has 1 aliphatic rings. The van der Waals surface area contributed by atoms with Gasteiger partial charge in [0.1, 0.15) is 0 Å². The highest BCUT2D eigenvalue weighted by atomic mass is 16.4. The quantitative estimate of drug-likeness (QED) is 0.668. The van der Waals surface area contributed by atoms with Crippen LogP contribution in [-0.4, -0.2) is 29.6 Å². The number of hydrogen-bond donors (Lipinski definition) is 3. The molecule has 1 fully saturated rings. The Morgan fingerprint density at radius 1 is 1.10 bits per heavy atom. The topological polar surface area (TPSA) is 95.5 Å². The number of carboxylic acid groups (broad SMARTS) is 1. The monoisotopic (exact) mass is 282 g/mol. The van der Waals surface area contributed by atoms with Gasteiger partial charge in [-0.3, -0.25) is 10.1 Å². The van der Waals surface area contributed by atoms with Crippen LogP contribution in [0.4, 0.5) is 4.79 Å². The lowest BCUT2D eigenvalue weighted by Crippen LogP contribution is -2.41. The molecule has 0 saturated heterocycles. The number of aliphatic carboxylic acids is 1. The molecular weight excluding hydrogens is 260 g/mol. The van der Waals surface area contributed by atoms with Crippen LogP contribution in [0.1, 0.15) is 39.0 Å². The maximum absolute atomic E-state index is 11.4. The van der Waals surface area contributed by atoms with E-state index in [-0.39, 0.29) is 0 Å². The molecule has 0 unspecified atom stereocenters. The van der Waals surface area contributed by atoms with Crippen molar-refractivity contribution in [1.82, 2.24) is 10.6 Å². The lowest BCUT2D eigenvalue weighted by Gasteiger charge is -2.27. The summed E-state index contributed by atoms with van der Waals surface area (Å²) in [4.78, 5) is 32.8. The molecule has 1 aliphatic carbocycles. The van der Waals surface area contributed by atoms with Crippen LogP contribution in [0.5, 0.6) is 0 Å². The summed E-state index contributed by atoms with van der Waals surface area (Å²) in [6.07, 6.45) is 7.32. The summed E-state index contributed by atoms with van der Waals surface area (Å²) in [7, 11) is 0. The SMILES string of the molecule is CCC1CCC(CNC(=O)NC(=O)C=CC(=O)O)CC1. The first kappa shape index (κ1) is 16.2. The molecule has 6 heteroatoms. The zero-order chi connectivity index (χ0) is 15.0. The zero-order valence-corrected chi connectivity index (χ0v) is 11.7. The number of amides is 3. The van der Waals surface area contributed by atoms with Crippen molar-refractivity contribution in [3.8, 4) is 0 Å². The molecule has 3 amide bonds. The fourth-order valence-electron chi connectivity index (χ4n) is 2.43. The predicted molar refractivity (Wildman–Crippen MR) is 74.1 cm³/mol. The van der Waals surface area contributed by atoms with Gasteiger partial charge in [0.15, 0.2) is 0 Å². The van der Waals surface area contributed by atoms with E-state index in [1.165, 1.54) is 19.3 Å². The molecule has 3 N–H and O–H groups in total. The third-order valence-corrected chi connectivity index (χ3v) is 3.71. The second-order valence-corrected chi connectivity index (χ2v) is 5.17. The van der Waals surface area contributed by atoms with Crippen LogP contribution in [0.2, 0.25) is 0 Å². The molecular formula is C14H22N2O4. The fraction of sp³-hybridized carbons (Fsp3) is 0.643. The molecule has 0 atom stereocenters. The lowest BCUT2D eigenvalue weighted by atomic mass is 9.81. The highest BCUT2D eigenvalue weighted by Crippen LogP contribution is 2.29. The molecule has 20 heavy (non-hydrogen) atoms. The van der Waals surface area contributed by atoms with Crippen molar-refractivity contribution < 1.29 is 19.5 Å². The molecule has 0 aliphatic heterocycles. The van der Waals surface area contributed by atoms with Gasteiger partial charge in [0.25, 0.3) is 5.91 Å². The Morgan fingerprint density at radius 2 is 1.70 bits per heavy atom. The highest BCUT2D eigenvalue weighted by molar-refractivity contribution is 6.02. The van der Waals surface area contributed by atoms with Crippen molar-refractivity contribution in [2.24, 2.45) is 11.8 Å². The van der Waals surface area contributed by atoms with Gasteiger partial charge in [-0.1, -0.05) is 26.2 Å². The van der Waals surface area contributed by atoms with Crippen LogP contribution in [0.25, 0.3) is 0 Å². The minimum absolute atomic E-state index is 0.466. The third-order valence-electron chi connectivity index (χ3n) is 3.71. The van der Waals surface area contributed by atoms with Crippen LogP contribution in [0.15, 0.2) is 12.2 Å². The first-order chi connectivity index (χ1) is 9.51. The Hall–Kier alpha value is -1.85. The van der Waals surface area contributed by atoms with E-state index in [1.54, 1.807) is 0 Å². The standard InChI is InChI=1S/C14H22N2O4/c1-2-10-3-5-11(6-4-10)9-15-14(20)16-12(17)7-8-13(18)19/h7-8,10-11H,2-6,9H2,1H3,(H,18,19)(H2,15,16,17,20). The Balaban J connectivity index is 2.20. The Kier molecular flexibility index (Phi) is 6.76. The number of rotatable bonds is 5. The van der Waals surface area contributed by atoms with Gasteiger partial charge in [0.05, 0.1) is 0 Å². The Labute approximate surface area is 118 Å². The number of carbonyl (C=O) groups is 3. The molecule has 0 radical (unpaired) electrons. The van der Waals surface area contributed by atoms with Gasteiger partial charge in [0, 0.05) is 18.7 Å². The minimum atomic E-state index is -1.23. The van der Waals surface area contributed by atoms with Crippen LogP contribution in [-0.2, 0) is 9.59 Å². The van der Waals surface area contributed by atoms with Crippen LogP contribution >= 0.6 is 0 Å². The first-order valence-electron chi connectivity index (χ1n) is 7.01. The van der Waals surface area contributed by atoms with Gasteiger partial charge >= 0.3 is 12.0 Å². The van der Waals surface area contributed by atoms with Gasteiger partial charge in [-0.15, -0.1) is 0 Å². The van der Waals surface area contributed by atoms with Gasteiger partial charge in [-0.25, -0.2) is 9.59 Å². The normalized spacial score (nSPS) is 22.4. The summed E-state index contributed by atoms with van der Waals surface area (Å²) in [5.41, 5.74) is 0. The molecule has 6 nitrogen and oxygen atoms in total. The average Bonchev–Trinajstić information content (AvgIpc) is 2.43. The van der Waals surface area contributed by atoms with Crippen molar-refractivity contribution in [2.45, 2.75) is 39.0 Å². The summed E-state index contributed by atoms with van der Waals surface area (Å²) >= 11 is 0. The second-order valence-electron chi connectivity index (χ2n) is 5.17. The summed E-state index contributed by atoms with van der Waals surface area (Å²) in [6.45, 7) is 2.76. The Bertz CT molecular complexity index is 385. The van der Waals surface area contributed by atoms with Crippen LogP contribution in [0, 0.1) is 11.8 Å². The highest BCUT2D eigenvalue weighted by Gasteiger charge is 2.20. The number of urea groups is 1. The number of hydrogen-bond acceptors (Lipinski definition) is 3. The summed E-state index contributed by atoms with van der Waals surface area (Å²) in [5, 5.41) is 13.1. The first-order valence-corrected chi connectivity index (χ1v) is 7.01. The van der Waals surface area contributed by atoms with E-state index in [2.05, 4.69) is 17.6 Å². The van der Waals surface area contributed by atoms with Crippen LogP contribution in [0.3, 0.4) is 0 Å². The van der Waals surface area contributed by atoms with E-state index in [0.29, 0.717) is 18.5 Å². The van der Waals surface area contributed by atoms with E-state index in [0.717, 1.165) is 24.8 Å². The second kappa shape index (κ2) is 8.35. The molecule has 112 valence electrons. The molecule has 0 spiro atoms. The van der Waals surface area contributed by atoms with Crippen molar-refractivity contribution in [1.29, 1.82) is 0 Å². The van der Waals surface area contributed by atoms with Gasteiger partial charge < -0.3 is 10.4 Å². The van der Waals surface area contributed by atoms with Gasteiger partial charge in [0.2, 0.25) is 0 Å². The average molecular weight is 282 g/mol. The minimum Gasteiger partial charge on any atom is -0.478 e. The summed E-state index contributed by atoms with van der Waals surface area (Å²) in [5.74, 6) is -0.691. The maximum Gasteiger partial charge on any atom is 0.328 e. The van der Waals surface area contributed by atoms with Gasteiger partial charge in [-0.05, 0) is 24.7 Å². The molecule has 0 aromatic carbocycles. The van der Waals surface area contributed by atoms with E-state index in [4.69, 9.17) is 5.11 Å². The number of carbonyl (C=O) groups excluding carboxylic acids is 2. The van der Waals surface area contributed by atoms with E-state index in [9.17, 15) is 14.4 Å². The van der Waals surface area contributed by atoms with E-state index in [1.807, 2.05) is 0 Å². The molecule has 1 saturated carbocycles. The van der Waals surface area contributed by atoms with Crippen LogP contribution < -0.4 is 10.6 Å². The predicted octanol–water partition coefficient (Wildman–Crippen LogP) is 1.67. The summed E-state index contributed by atoms with van der Waals surface area (Å²) in [6, 6.07) is -0.581. The number of carboxylic acids is 1. The molecule has 0 bridgehead atoms. The largest absolute Gasteiger partial charge is 0.478 e. The number of imide groups is 1. The van der Waals surface area contributed by atoms with Crippen molar-refractivity contribution in [3.63, 3.8) is 0 Å². The van der Waals surface area contributed by atoms with Crippen molar-refractivity contribution in [2.75, 3.05) is 6.54 Å². The van der Waals surface area contributed by atoms with E-state index < -0.39 is 17.9 Å². The summed E-state index contributed by atoms with van der Waals surface area (Å²) < 4.78 is 0. The smallest absolute Gasteiger partial charge is 0.328 e. The van der Waals surface area contributed by atoms with E-state index >= 15 is 0 Å². The molecule has 0 heterocycles. The molecule has 0 aromatic heterocycles. The third kappa shape index (κ3) is 6.36. The van der Waals surface area contributed by atoms with Gasteiger partial charge in [-0.2, -0.15) is 0 Å².